The van der Waals surface area contributed by atoms with Gasteiger partial charge >= 0.3 is 135 Å². The van der Waals surface area contributed by atoms with Crippen molar-refractivity contribution in [2.45, 2.75) is 12.7 Å². The predicted molar refractivity (Wildman–Crippen MR) is 90.0 cm³/mol. The van der Waals surface area contributed by atoms with Crippen LogP contribution in [0.25, 0.3) is 0 Å². The third-order valence-corrected chi connectivity index (χ3v) is 5.19. The van der Waals surface area contributed by atoms with E-state index in [2.05, 4.69) is 63.1 Å². The molecule has 5 heteroatoms. The molecule has 1 aromatic rings. The molecular weight excluding hydrogens is 323 g/mol. The summed E-state index contributed by atoms with van der Waals surface area (Å²) in [4.78, 5) is 11.9. The number of aliphatic imine (C=N–C) groups is 1. The van der Waals surface area contributed by atoms with Gasteiger partial charge in [-0.3, -0.25) is 0 Å². The average Bonchev–Trinajstić information content (AvgIpc) is 2.51. The van der Waals surface area contributed by atoms with Crippen LogP contribution in [0.5, 0.6) is 0 Å². The first kappa shape index (κ1) is 14.8. The molecule has 2 atom stereocenters. The molecular formula is C16H23AsN4. The molecule has 0 N–H and O–H groups in total. The minimum atomic E-state index is 0.346. The Balaban J connectivity index is 1.75. The molecule has 112 valence electrons. The number of amidine groups is 1. The van der Waals surface area contributed by atoms with Gasteiger partial charge in [0.05, 0.1) is 0 Å². The van der Waals surface area contributed by atoms with Crippen molar-refractivity contribution >= 4 is 21.5 Å². The molecule has 21 heavy (non-hydrogen) atoms. The summed E-state index contributed by atoms with van der Waals surface area (Å²) in [6, 6.07) is 10.7. The second kappa shape index (κ2) is 6.78. The van der Waals surface area contributed by atoms with Crippen LogP contribution in [-0.2, 0) is 6.54 Å². The third kappa shape index (κ3) is 3.57. The van der Waals surface area contributed by atoms with Crippen molar-refractivity contribution in [2.24, 2.45) is 4.99 Å². The van der Waals surface area contributed by atoms with Crippen LogP contribution in [0.4, 0.5) is 0 Å². The van der Waals surface area contributed by atoms with Gasteiger partial charge in [0, 0.05) is 0 Å². The molecule has 1 fully saturated rings. The third-order valence-electron chi connectivity index (χ3n) is 4.19. The molecule has 0 amide bonds. The van der Waals surface area contributed by atoms with E-state index in [1.54, 1.807) is 16.9 Å². The molecule has 2 aliphatic heterocycles. The molecule has 3 rings (SSSR count). The maximum absolute atomic E-state index is 4.52. The molecule has 2 unspecified atom stereocenters. The zero-order chi connectivity index (χ0) is 14.7. The summed E-state index contributed by atoms with van der Waals surface area (Å²) in [5.74, 6) is 0. The van der Waals surface area contributed by atoms with Gasteiger partial charge in [-0.05, 0) is 0 Å². The van der Waals surface area contributed by atoms with Crippen molar-refractivity contribution in [1.82, 2.24) is 14.7 Å². The second-order valence-electron chi connectivity index (χ2n) is 5.70. The topological polar surface area (TPSA) is 22.1 Å². The van der Waals surface area contributed by atoms with Crippen molar-refractivity contribution in [3.05, 3.63) is 48.2 Å². The van der Waals surface area contributed by atoms with Crippen molar-refractivity contribution in [1.29, 1.82) is 0 Å². The number of likely N-dealkylation sites (N-methyl/N-ethyl adjacent to an activating group) is 1. The Bertz CT molecular complexity index is 520. The van der Waals surface area contributed by atoms with Crippen LogP contribution < -0.4 is 0 Å². The van der Waals surface area contributed by atoms with Gasteiger partial charge in [0.1, 0.15) is 0 Å². The Morgan fingerprint density at radius 2 is 1.86 bits per heavy atom. The Morgan fingerprint density at radius 1 is 1.14 bits per heavy atom. The van der Waals surface area contributed by atoms with Crippen LogP contribution in [0.1, 0.15) is 5.56 Å². The first-order chi connectivity index (χ1) is 10.2. The molecule has 1 saturated heterocycles. The van der Waals surface area contributed by atoms with Crippen LogP contribution in [0, 0.1) is 0 Å². The molecule has 0 aliphatic carbocycles. The summed E-state index contributed by atoms with van der Waals surface area (Å²) in [5.41, 5.74) is 1.34. The van der Waals surface area contributed by atoms with Crippen molar-refractivity contribution < 1.29 is 0 Å². The van der Waals surface area contributed by atoms with Gasteiger partial charge in [0.15, 0.2) is 0 Å². The molecule has 0 saturated carbocycles. The molecule has 0 bridgehead atoms. The van der Waals surface area contributed by atoms with Gasteiger partial charge in [-0.1, -0.05) is 0 Å². The summed E-state index contributed by atoms with van der Waals surface area (Å²) in [6.07, 6.45) is 4.55. The van der Waals surface area contributed by atoms with E-state index in [1.165, 1.54) is 5.56 Å². The van der Waals surface area contributed by atoms with E-state index in [0.717, 1.165) is 37.3 Å². The van der Waals surface area contributed by atoms with Crippen molar-refractivity contribution in [3.63, 3.8) is 0 Å². The van der Waals surface area contributed by atoms with Crippen molar-refractivity contribution in [2.75, 3.05) is 33.2 Å². The van der Waals surface area contributed by atoms with Gasteiger partial charge in [-0.15, -0.1) is 0 Å². The number of hydrogen-bond acceptors (Lipinski definition) is 4. The quantitative estimate of drug-likeness (QED) is 0.748. The Hall–Kier alpha value is -1.09. The van der Waals surface area contributed by atoms with E-state index in [4.69, 9.17) is 0 Å². The monoisotopic (exact) mass is 346 g/mol. The van der Waals surface area contributed by atoms with Crippen molar-refractivity contribution in [3.8, 4) is 0 Å². The number of nitrogens with zero attached hydrogens (tertiary/aromatic N) is 4. The SMILES string of the molecule is CN1CCN(C2C=CN=C([AsH2])N2Cc2ccccc2)CC1. The molecule has 2 heterocycles. The molecule has 1 aromatic carbocycles. The van der Waals surface area contributed by atoms with E-state index < -0.39 is 0 Å². The fraction of sp³-hybridized carbons (Fsp3) is 0.438. The van der Waals surface area contributed by atoms with Crippen LogP contribution in [0.3, 0.4) is 0 Å². The van der Waals surface area contributed by atoms with E-state index in [9.17, 15) is 0 Å². The number of piperazine rings is 1. The average molecular weight is 346 g/mol. The van der Waals surface area contributed by atoms with Gasteiger partial charge < -0.3 is 0 Å². The van der Waals surface area contributed by atoms with Crippen LogP contribution in [0.15, 0.2) is 47.6 Å². The Labute approximate surface area is 135 Å². The fourth-order valence-corrected chi connectivity index (χ4v) is 3.56. The summed E-state index contributed by atoms with van der Waals surface area (Å²) in [6.45, 7) is 5.46. The van der Waals surface area contributed by atoms with E-state index >= 15 is 0 Å². The standard InChI is InChI=1S/C16H23AsN4/c1-19-9-11-20(12-10-19)15-7-8-18-16(17)21(15)13-14-5-3-2-4-6-14/h2-8,15H,9-13,17H2,1H3. The number of rotatable bonds is 3. The van der Waals surface area contributed by atoms with E-state index in [-0.39, 0.29) is 0 Å². The van der Waals surface area contributed by atoms with Gasteiger partial charge in [-0.2, -0.15) is 0 Å². The molecule has 0 aromatic heterocycles. The Kier molecular flexibility index (Phi) is 4.79. The zero-order valence-corrected chi connectivity index (χ0v) is 14.9. The summed E-state index contributed by atoms with van der Waals surface area (Å²) >= 11 is 1.60. The van der Waals surface area contributed by atoms with Crippen LogP contribution in [0.2, 0.25) is 0 Å². The first-order valence-electron chi connectivity index (χ1n) is 7.47. The summed E-state index contributed by atoms with van der Waals surface area (Å²) in [7, 11) is 2.20. The normalized spacial score (nSPS) is 24.2. The number of hydrogen-bond donors (Lipinski definition) is 0. The Morgan fingerprint density at radius 3 is 2.57 bits per heavy atom. The molecule has 0 spiro atoms. The molecule has 4 nitrogen and oxygen atoms in total. The fourth-order valence-electron chi connectivity index (χ4n) is 2.87. The maximum atomic E-state index is 4.52. The minimum absolute atomic E-state index is 0.346. The second-order valence-corrected chi connectivity index (χ2v) is 6.78. The van der Waals surface area contributed by atoms with Crippen LogP contribution >= 0.6 is 0 Å². The molecule has 0 radical (unpaired) electrons. The van der Waals surface area contributed by atoms with Crippen LogP contribution in [-0.4, -0.2) is 75.6 Å². The number of benzene rings is 1. The zero-order valence-electron chi connectivity index (χ0n) is 12.5. The summed E-state index contributed by atoms with van der Waals surface area (Å²) < 4.78 is 1.16. The van der Waals surface area contributed by atoms with Gasteiger partial charge in [0.25, 0.3) is 0 Å². The predicted octanol–water partition coefficient (Wildman–Crippen LogP) is 0.578. The summed E-state index contributed by atoms with van der Waals surface area (Å²) in [5, 5.41) is 0. The van der Waals surface area contributed by atoms with E-state index in [1.807, 2.05) is 6.20 Å². The van der Waals surface area contributed by atoms with Gasteiger partial charge in [0.2, 0.25) is 0 Å². The molecule has 2 aliphatic rings. The van der Waals surface area contributed by atoms with Gasteiger partial charge in [-0.25, -0.2) is 0 Å². The first-order valence-corrected chi connectivity index (χ1v) is 8.68. The van der Waals surface area contributed by atoms with E-state index in [0.29, 0.717) is 6.17 Å².